The average Bonchev–Trinajstić information content (AvgIpc) is 1.92. The first-order chi connectivity index (χ1) is 4.77. The lowest BCUT2D eigenvalue weighted by Gasteiger charge is -1.88. The Hall–Kier alpha value is -0.660. The van der Waals surface area contributed by atoms with Crippen molar-refractivity contribution in [3.63, 3.8) is 0 Å². The van der Waals surface area contributed by atoms with Crippen LogP contribution < -0.4 is 0 Å². The van der Waals surface area contributed by atoms with Gasteiger partial charge in [0.05, 0.1) is 0 Å². The normalized spacial score (nSPS) is 10.6. The third-order valence-electron chi connectivity index (χ3n) is 0.581. The third kappa shape index (κ3) is 15.7. The van der Waals surface area contributed by atoms with Gasteiger partial charge in [0.15, 0.2) is 0 Å². The van der Waals surface area contributed by atoms with Crippen LogP contribution in [0, 0.1) is 0 Å². The van der Waals surface area contributed by atoms with Gasteiger partial charge in [-0.1, -0.05) is 13.8 Å². The molecule has 0 aromatic rings. The van der Waals surface area contributed by atoms with E-state index in [1.807, 2.05) is 34.6 Å². The highest BCUT2D eigenvalue weighted by atomic mass is 14.9. The minimum absolute atomic E-state index is 0.360. The van der Waals surface area contributed by atoms with Gasteiger partial charge in [0, 0.05) is 12.3 Å². The van der Waals surface area contributed by atoms with Crippen LogP contribution in [0.1, 0.15) is 34.6 Å². The Bertz CT molecular complexity index is 93.4. The summed E-state index contributed by atoms with van der Waals surface area (Å²) in [5, 5.41) is 0. The highest BCUT2D eigenvalue weighted by Gasteiger charge is 1.78. The van der Waals surface area contributed by atoms with E-state index in [1.165, 1.54) is 0 Å². The molecule has 0 atom stereocenters. The van der Waals surface area contributed by atoms with Gasteiger partial charge in [-0.3, -0.25) is 4.99 Å². The summed E-state index contributed by atoms with van der Waals surface area (Å²) in [6.07, 6.45) is 3.29. The summed E-state index contributed by atoms with van der Waals surface area (Å²) in [5.74, 6) is 0. The van der Waals surface area contributed by atoms with Gasteiger partial charge in [-0.2, -0.15) is 0 Å². The van der Waals surface area contributed by atoms with Crippen molar-refractivity contribution in [1.29, 1.82) is 0 Å². The molecule has 60 valence electrons. The van der Waals surface area contributed by atoms with Gasteiger partial charge in [0.1, 0.15) is 6.34 Å². The van der Waals surface area contributed by atoms with Crippen LogP contribution in [0.25, 0.3) is 0 Å². The molecular weight excluding hydrogens is 124 g/mol. The summed E-state index contributed by atoms with van der Waals surface area (Å²) in [5.41, 5.74) is 0. The second-order valence-electron chi connectivity index (χ2n) is 1.77. The molecule has 0 heterocycles. The van der Waals surface area contributed by atoms with E-state index in [4.69, 9.17) is 0 Å². The van der Waals surface area contributed by atoms with E-state index in [1.54, 1.807) is 12.6 Å². The summed E-state index contributed by atoms with van der Waals surface area (Å²) in [6, 6.07) is 0.360. The van der Waals surface area contributed by atoms with Crippen LogP contribution in [0.4, 0.5) is 0 Å². The molecule has 0 aromatic heterocycles. The maximum atomic E-state index is 3.99. The zero-order valence-corrected chi connectivity index (χ0v) is 7.63. The summed E-state index contributed by atoms with van der Waals surface area (Å²) >= 11 is 0. The minimum Gasteiger partial charge on any atom is -0.271 e. The van der Waals surface area contributed by atoms with E-state index in [2.05, 4.69) is 9.98 Å². The van der Waals surface area contributed by atoms with Crippen LogP contribution in [-0.4, -0.2) is 18.6 Å². The average molecular weight is 142 g/mol. The molecule has 0 saturated heterocycles. The highest BCUT2D eigenvalue weighted by Crippen LogP contribution is 1.81. The van der Waals surface area contributed by atoms with Crippen molar-refractivity contribution >= 4 is 12.6 Å². The molecule has 0 radical (unpaired) electrons. The van der Waals surface area contributed by atoms with Gasteiger partial charge in [0.2, 0.25) is 0 Å². The molecule has 0 N–H and O–H groups in total. The van der Waals surface area contributed by atoms with E-state index < -0.39 is 0 Å². The Kier molecular flexibility index (Phi) is 13.5. The summed E-state index contributed by atoms with van der Waals surface area (Å²) in [7, 11) is 0. The zero-order chi connectivity index (χ0) is 8.41. The first-order valence-electron chi connectivity index (χ1n) is 3.76. The maximum absolute atomic E-state index is 3.99. The fourth-order valence-corrected chi connectivity index (χ4v) is 0.238. The smallest absolute Gasteiger partial charge is 0.109 e. The van der Waals surface area contributed by atoms with Gasteiger partial charge >= 0.3 is 0 Å². The second kappa shape index (κ2) is 11.2. The van der Waals surface area contributed by atoms with Gasteiger partial charge in [-0.05, 0) is 20.8 Å². The molecule has 0 spiro atoms. The van der Waals surface area contributed by atoms with E-state index in [-0.39, 0.29) is 0 Å². The van der Waals surface area contributed by atoms with E-state index >= 15 is 0 Å². The van der Waals surface area contributed by atoms with Gasteiger partial charge < -0.3 is 0 Å². The lowest BCUT2D eigenvalue weighted by molar-refractivity contribution is 0.839. The van der Waals surface area contributed by atoms with Crippen LogP contribution in [0.15, 0.2) is 9.98 Å². The number of nitrogens with zero attached hydrogens (tertiary/aromatic N) is 2. The van der Waals surface area contributed by atoms with E-state index in [9.17, 15) is 0 Å². The molecule has 0 saturated carbocycles. The van der Waals surface area contributed by atoms with Crippen LogP contribution >= 0.6 is 0 Å². The summed E-state index contributed by atoms with van der Waals surface area (Å²) in [4.78, 5) is 7.79. The third-order valence-corrected chi connectivity index (χ3v) is 0.581. The number of aliphatic imine (C=N–C) groups is 2. The molecule has 0 aliphatic rings. The predicted octanol–water partition coefficient (Wildman–Crippen LogP) is 2.54. The fraction of sp³-hybridized carbons (Fsp3) is 0.750. The molecule has 0 aliphatic heterocycles. The standard InChI is InChI=1S/C6H12N2.C2H6/c1-4-7-5-8-6(2)3;1-2/h4-6H,1-3H3;1-2H3. The molecule has 0 bridgehead atoms. The summed E-state index contributed by atoms with van der Waals surface area (Å²) < 4.78 is 0. The van der Waals surface area contributed by atoms with Gasteiger partial charge in [0.25, 0.3) is 0 Å². The molecule has 0 aromatic carbocycles. The Morgan fingerprint density at radius 1 is 1.20 bits per heavy atom. The molecule has 0 rings (SSSR count). The Balaban J connectivity index is 0. The lowest BCUT2D eigenvalue weighted by Crippen LogP contribution is -1.86. The Morgan fingerprint density at radius 2 is 1.70 bits per heavy atom. The zero-order valence-electron chi connectivity index (χ0n) is 7.63. The largest absolute Gasteiger partial charge is 0.271 e. The topological polar surface area (TPSA) is 24.7 Å². The number of hydrogen-bond acceptors (Lipinski definition) is 1. The molecule has 0 fully saturated rings. The van der Waals surface area contributed by atoms with Crippen molar-refractivity contribution in [1.82, 2.24) is 0 Å². The maximum Gasteiger partial charge on any atom is 0.109 e. The highest BCUT2D eigenvalue weighted by molar-refractivity contribution is 5.70. The second-order valence-corrected chi connectivity index (χ2v) is 1.77. The molecule has 2 heteroatoms. The number of hydrogen-bond donors (Lipinski definition) is 0. The first kappa shape index (κ1) is 12.1. The van der Waals surface area contributed by atoms with Crippen molar-refractivity contribution in [3.05, 3.63) is 0 Å². The molecule has 10 heavy (non-hydrogen) atoms. The monoisotopic (exact) mass is 142 g/mol. The Morgan fingerprint density at radius 3 is 2.00 bits per heavy atom. The first-order valence-corrected chi connectivity index (χ1v) is 3.76. The SMILES string of the molecule is CC.CC=NC=NC(C)C. The predicted molar refractivity (Wildman–Crippen MR) is 49.1 cm³/mol. The van der Waals surface area contributed by atoms with Crippen LogP contribution in [0.3, 0.4) is 0 Å². The van der Waals surface area contributed by atoms with E-state index in [0.29, 0.717) is 6.04 Å². The molecule has 2 nitrogen and oxygen atoms in total. The molecular formula is C8H18N2. The van der Waals surface area contributed by atoms with Crippen LogP contribution in [0.5, 0.6) is 0 Å². The van der Waals surface area contributed by atoms with Crippen molar-refractivity contribution in [2.75, 3.05) is 0 Å². The van der Waals surface area contributed by atoms with Gasteiger partial charge in [-0.15, -0.1) is 0 Å². The van der Waals surface area contributed by atoms with Gasteiger partial charge in [-0.25, -0.2) is 4.99 Å². The van der Waals surface area contributed by atoms with Crippen molar-refractivity contribution in [3.8, 4) is 0 Å². The van der Waals surface area contributed by atoms with Crippen LogP contribution in [-0.2, 0) is 0 Å². The molecule has 0 amide bonds. The van der Waals surface area contributed by atoms with Crippen molar-refractivity contribution in [2.45, 2.75) is 40.7 Å². The molecule has 0 aliphatic carbocycles. The number of rotatable bonds is 2. The summed E-state index contributed by atoms with van der Waals surface area (Å²) in [6.45, 7) is 9.90. The van der Waals surface area contributed by atoms with E-state index in [0.717, 1.165) is 0 Å². The van der Waals surface area contributed by atoms with Crippen molar-refractivity contribution in [2.24, 2.45) is 9.98 Å². The van der Waals surface area contributed by atoms with Crippen LogP contribution in [0.2, 0.25) is 0 Å². The Labute approximate surface area is 64.1 Å². The quantitative estimate of drug-likeness (QED) is 0.418. The lowest BCUT2D eigenvalue weighted by atomic mass is 10.4. The fourth-order valence-electron chi connectivity index (χ4n) is 0.238. The minimum atomic E-state index is 0.360. The van der Waals surface area contributed by atoms with Crippen molar-refractivity contribution < 1.29 is 0 Å². The molecule has 0 unspecified atom stereocenters.